The maximum absolute atomic E-state index is 13.0. The molecule has 3 aromatic carbocycles. The molecule has 4 N–H and O–H groups in total. The summed E-state index contributed by atoms with van der Waals surface area (Å²) in [7, 11) is 0. The van der Waals surface area contributed by atoms with E-state index in [1.54, 1.807) is 24.0 Å². The Hall–Kier alpha value is -4.17. The van der Waals surface area contributed by atoms with E-state index in [1.807, 2.05) is 61.5 Å². The zero-order valence-electron chi connectivity index (χ0n) is 24.3. The molecule has 8 nitrogen and oxygen atoms in total. The molecule has 2 unspecified atom stereocenters. The number of aliphatic hydroxyl groups excluding tert-OH is 1. The van der Waals surface area contributed by atoms with E-state index in [1.165, 1.54) is 17.2 Å². The summed E-state index contributed by atoms with van der Waals surface area (Å²) in [5.41, 5.74) is 4.07. The zero-order chi connectivity index (χ0) is 30.0. The number of aryl methyl sites for hydroxylation is 1. The molecule has 1 saturated heterocycles. The van der Waals surface area contributed by atoms with Crippen molar-refractivity contribution in [2.45, 2.75) is 59.2 Å². The highest BCUT2D eigenvalue weighted by Crippen LogP contribution is 2.29. The second-order valence-electron chi connectivity index (χ2n) is 11.3. The van der Waals surface area contributed by atoms with Crippen LogP contribution in [0.5, 0.6) is 5.75 Å². The molecule has 0 aromatic heterocycles. The molecule has 3 amide bonds. The fourth-order valence-corrected chi connectivity index (χ4v) is 4.84. The number of aliphatic hydroxyl groups is 1. The Morgan fingerprint density at radius 1 is 1.00 bits per heavy atom. The fraction of sp³-hybridized carbons (Fsp3) is 0.364. The van der Waals surface area contributed by atoms with Crippen LogP contribution in [0.1, 0.15) is 52.9 Å². The highest BCUT2D eigenvalue weighted by atomic mass is 16.3. The number of phenols is 1. The van der Waals surface area contributed by atoms with Crippen molar-refractivity contribution in [2.24, 2.45) is 5.41 Å². The number of phenolic OH excluding ortho intramolecular Hbond substituents is 1. The van der Waals surface area contributed by atoms with Crippen LogP contribution in [0.4, 0.5) is 0 Å². The molecule has 0 bridgehead atoms. The van der Waals surface area contributed by atoms with Gasteiger partial charge < -0.3 is 25.7 Å². The maximum atomic E-state index is 13.0. The van der Waals surface area contributed by atoms with E-state index in [-0.39, 0.29) is 17.1 Å². The number of likely N-dealkylation sites (tertiary alicyclic amines) is 1. The molecule has 1 aliphatic rings. The Bertz CT molecular complexity index is 1330. The van der Waals surface area contributed by atoms with Crippen LogP contribution in [-0.4, -0.2) is 58.6 Å². The van der Waals surface area contributed by atoms with Crippen molar-refractivity contribution in [1.29, 1.82) is 0 Å². The molecule has 4 rings (SSSR count). The first-order valence-corrected chi connectivity index (χ1v) is 13.8. The van der Waals surface area contributed by atoms with E-state index in [0.717, 1.165) is 12.0 Å². The highest BCUT2D eigenvalue weighted by molar-refractivity contribution is 5.97. The van der Waals surface area contributed by atoms with E-state index < -0.39 is 18.1 Å². The normalized spacial score (nSPS) is 15.2. The number of rotatable bonds is 9. The molecule has 218 valence electrons. The number of hydrogen-bond acceptors (Lipinski definition) is 5. The number of aromatic hydroxyl groups is 1. The number of carbonyl (C=O) groups excluding carboxylic acids is 3. The predicted octanol–water partition coefficient (Wildman–Crippen LogP) is 3.90. The van der Waals surface area contributed by atoms with Crippen molar-refractivity contribution in [1.82, 2.24) is 15.5 Å². The Labute approximate surface area is 242 Å². The van der Waals surface area contributed by atoms with Crippen LogP contribution < -0.4 is 10.6 Å². The molecule has 0 aliphatic carbocycles. The average molecular weight is 560 g/mol. The number of hydrogen-bond donors (Lipinski definition) is 4. The number of nitrogens with zero attached hydrogens (tertiary/aromatic N) is 1. The van der Waals surface area contributed by atoms with Crippen LogP contribution in [0.25, 0.3) is 0 Å². The fourth-order valence-electron chi connectivity index (χ4n) is 4.84. The van der Waals surface area contributed by atoms with Gasteiger partial charge in [-0.05, 0) is 60.9 Å². The minimum atomic E-state index is -1.36. The number of nitrogens with one attached hydrogen (secondary N) is 2. The summed E-state index contributed by atoms with van der Waals surface area (Å²) in [5.74, 6) is -0.773. The standard InChI is InChI=1S/C24H30N2O4.C9H11NO/c1-16-18(10-7-11-20(16)27)22(29)25-19(14-17-8-5-4-6-9-17)21(28)23(30)26-13-12-24(2,3)15-26;1-8-4-2-3-5-9(8)6-10-7-11/h4-11,19,21,27-28H,12-15H2,1-3H3,(H,25,29);2-5,7H,6H2,1H3,(H,10,11). The molecule has 0 saturated carbocycles. The minimum Gasteiger partial charge on any atom is -0.508 e. The van der Waals surface area contributed by atoms with Gasteiger partial charge in [-0.15, -0.1) is 0 Å². The van der Waals surface area contributed by atoms with Gasteiger partial charge in [0.25, 0.3) is 11.8 Å². The average Bonchev–Trinajstić information content (AvgIpc) is 3.33. The number of amides is 3. The van der Waals surface area contributed by atoms with Gasteiger partial charge in [-0.2, -0.15) is 0 Å². The highest BCUT2D eigenvalue weighted by Gasteiger charge is 2.37. The molecule has 0 spiro atoms. The third-order valence-corrected chi connectivity index (χ3v) is 7.43. The predicted molar refractivity (Wildman–Crippen MR) is 159 cm³/mol. The van der Waals surface area contributed by atoms with Crippen molar-refractivity contribution in [3.05, 3.63) is 101 Å². The van der Waals surface area contributed by atoms with Crippen molar-refractivity contribution in [3.8, 4) is 5.75 Å². The van der Waals surface area contributed by atoms with E-state index in [4.69, 9.17) is 0 Å². The molecule has 3 aromatic rings. The van der Waals surface area contributed by atoms with Gasteiger partial charge in [0.1, 0.15) is 5.75 Å². The SMILES string of the molecule is Cc1c(O)cccc1C(=O)NC(Cc1ccccc1)C(O)C(=O)N1CCC(C)(C)C1.Cc1ccccc1CNC=O. The van der Waals surface area contributed by atoms with Crippen molar-refractivity contribution >= 4 is 18.2 Å². The van der Waals surface area contributed by atoms with Gasteiger partial charge in [0.2, 0.25) is 6.41 Å². The van der Waals surface area contributed by atoms with Gasteiger partial charge in [-0.25, -0.2) is 0 Å². The van der Waals surface area contributed by atoms with Crippen molar-refractivity contribution < 1.29 is 24.6 Å². The summed E-state index contributed by atoms with van der Waals surface area (Å²) in [5, 5.41) is 26.3. The van der Waals surface area contributed by atoms with Gasteiger partial charge in [0.15, 0.2) is 6.10 Å². The third-order valence-electron chi connectivity index (χ3n) is 7.43. The molecule has 2 atom stereocenters. The van der Waals surface area contributed by atoms with E-state index in [0.29, 0.717) is 43.6 Å². The van der Waals surface area contributed by atoms with Crippen molar-refractivity contribution in [3.63, 3.8) is 0 Å². The van der Waals surface area contributed by atoms with Gasteiger partial charge >= 0.3 is 0 Å². The van der Waals surface area contributed by atoms with E-state index in [9.17, 15) is 24.6 Å². The lowest BCUT2D eigenvalue weighted by Gasteiger charge is -2.28. The van der Waals surface area contributed by atoms with Gasteiger partial charge in [0.05, 0.1) is 6.04 Å². The second kappa shape index (κ2) is 14.5. The van der Waals surface area contributed by atoms with Crippen LogP contribution in [0, 0.1) is 19.3 Å². The summed E-state index contributed by atoms with van der Waals surface area (Å²) in [4.78, 5) is 37.6. The molecule has 0 radical (unpaired) electrons. The lowest BCUT2D eigenvalue weighted by molar-refractivity contribution is -0.140. The van der Waals surface area contributed by atoms with Gasteiger partial charge in [0, 0.05) is 30.8 Å². The summed E-state index contributed by atoms with van der Waals surface area (Å²) in [6.07, 6.45) is 0.547. The Morgan fingerprint density at radius 2 is 1.68 bits per heavy atom. The topological polar surface area (TPSA) is 119 Å². The van der Waals surface area contributed by atoms with E-state index in [2.05, 4.69) is 24.5 Å². The first kappa shape index (κ1) is 31.4. The summed E-state index contributed by atoms with van der Waals surface area (Å²) < 4.78 is 0. The summed E-state index contributed by atoms with van der Waals surface area (Å²) >= 11 is 0. The summed E-state index contributed by atoms with van der Waals surface area (Å²) in [6, 6.07) is 21.4. The Kier molecular flexibility index (Phi) is 11.1. The molecule has 1 aliphatic heterocycles. The van der Waals surface area contributed by atoms with Crippen LogP contribution in [0.15, 0.2) is 72.8 Å². The van der Waals surface area contributed by atoms with E-state index >= 15 is 0 Å². The maximum Gasteiger partial charge on any atom is 0.253 e. The third kappa shape index (κ3) is 8.91. The minimum absolute atomic E-state index is 0.0201. The Morgan fingerprint density at radius 3 is 2.32 bits per heavy atom. The van der Waals surface area contributed by atoms with Crippen LogP contribution in [0.3, 0.4) is 0 Å². The van der Waals surface area contributed by atoms with Crippen LogP contribution in [-0.2, 0) is 22.6 Å². The van der Waals surface area contributed by atoms with Crippen molar-refractivity contribution in [2.75, 3.05) is 13.1 Å². The molecular weight excluding hydrogens is 518 g/mol. The van der Waals surface area contributed by atoms with Gasteiger partial charge in [-0.3, -0.25) is 14.4 Å². The lowest BCUT2D eigenvalue weighted by Crippen LogP contribution is -2.52. The summed E-state index contributed by atoms with van der Waals surface area (Å²) in [6.45, 7) is 9.69. The molecular formula is C33H41N3O5. The first-order valence-electron chi connectivity index (χ1n) is 13.8. The number of benzene rings is 3. The molecule has 1 fully saturated rings. The van der Waals surface area contributed by atoms with Crippen LogP contribution >= 0.6 is 0 Å². The smallest absolute Gasteiger partial charge is 0.253 e. The Balaban J connectivity index is 0.000000352. The molecule has 8 heteroatoms. The second-order valence-corrected chi connectivity index (χ2v) is 11.3. The van der Waals surface area contributed by atoms with Crippen LogP contribution in [0.2, 0.25) is 0 Å². The zero-order valence-corrected chi connectivity index (χ0v) is 24.3. The quantitative estimate of drug-likeness (QED) is 0.297. The lowest BCUT2D eigenvalue weighted by atomic mass is 9.93. The number of carbonyl (C=O) groups is 3. The molecule has 41 heavy (non-hydrogen) atoms. The first-order chi connectivity index (χ1) is 19.5. The monoisotopic (exact) mass is 559 g/mol. The van der Waals surface area contributed by atoms with Gasteiger partial charge in [-0.1, -0.05) is 74.5 Å². The molecule has 1 heterocycles. The largest absolute Gasteiger partial charge is 0.508 e.